The smallest absolute Gasteiger partial charge is 0.0595 e. The highest BCUT2D eigenvalue weighted by molar-refractivity contribution is 6.42. The van der Waals surface area contributed by atoms with Crippen molar-refractivity contribution in [3.8, 4) is 0 Å². The molecule has 0 heterocycles. The van der Waals surface area contributed by atoms with E-state index in [9.17, 15) is 0 Å². The zero-order valence-electron chi connectivity index (χ0n) is 12.8. The van der Waals surface area contributed by atoms with Crippen LogP contribution >= 0.6 is 46.4 Å². The van der Waals surface area contributed by atoms with Crippen molar-refractivity contribution >= 4 is 46.4 Å². The van der Waals surface area contributed by atoms with Crippen LogP contribution in [0, 0.1) is 12.8 Å². The van der Waals surface area contributed by atoms with Crippen LogP contribution in [0.4, 0.5) is 0 Å². The van der Waals surface area contributed by atoms with Crippen molar-refractivity contribution in [3.63, 3.8) is 0 Å². The molecule has 2 aromatic carbocycles. The van der Waals surface area contributed by atoms with Gasteiger partial charge in [0, 0.05) is 10.0 Å². The first-order valence-corrected chi connectivity index (χ1v) is 9.18. The van der Waals surface area contributed by atoms with E-state index in [1.54, 1.807) is 0 Å². The summed E-state index contributed by atoms with van der Waals surface area (Å²) >= 11 is 24.2. The van der Waals surface area contributed by atoms with Gasteiger partial charge in [-0.15, -0.1) is 0 Å². The molecule has 1 unspecified atom stereocenters. The molecule has 1 radical (unpaired) electrons. The minimum absolute atomic E-state index is 0.405. The third kappa shape index (κ3) is 6.19. The van der Waals surface area contributed by atoms with Gasteiger partial charge in [0.15, 0.2) is 0 Å². The van der Waals surface area contributed by atoms with Crippen molar-refractivity contribution in [3.05, 3.63) is 74.5 Å². The van der Waals surface area contributed by atoms with Crippen molar-refractivity contribution in [2.24, 2.45) is 5.92 Å². The molecule has 123 valence electrons. The Bertz CT molecular complexity index is 652. The molecule has 0 nitrogen and oxygen atoms in total. The zero-order chi connectivity index (χ0) is 16.8. The quantitative estimate of drug-likeness (QED) is 0.455. The second kappa shape index (κ2) is 9.18. The Labute approximate surface area is 158 Å². The second-order valence-electron chi connectivity index (χ2n) is 5.78. The SMILES string of the molecule is [CH2]C(CCCc1cc(Cl)ccc1Cl)CCc1ccc(Cl)c(Cl)c1. The molecule has 2 aromatic rings. The lowest BCUT2D eigenvalue weighted by Gasteiger charge is -2.12. The Morgan fingerprint density at radius 1 is 0.783 bits per heavy atom. The highest BCUT2D eigenvalue weighted by Gasteiger charge is 2.07. The maximum atomic E-state index is 6.18. The second-order valence-corrected chi connectivity index (χ2v) is 7.44. The van der Waals surface area contributed by atoms with Crippen molar-refractivity contribution in [1.82, 2.24) is 0 Å². The van der Waals surface area contributed by atoms with E-state index in [4.69, 9.17) is 46.4 Å². The summed E-state index contributed by atoms with van der Waals surface area (Å²) in [6.45, 7) is 4.25. The van der Waals surface area contributed by atoms with E-state index >= 15 is 0 Å². The molecule has 0 aromatic heterocycles. The number of hydrogen-bond acceptors (Lipinski definition) is 0. The highest BCUT2D eigenvalue weighted by Crippen LogP contribution is 2.25. The minimum Gasteiger partial charge on any atom is -0.0843 e. The monoisotopic (exact) mass is 387 g/mol. The van der Waals surface area contributed by atoms with Gasteiger partial charge in [0.25, 0.3) is 0 Å². The van der Waals surface area contributed by atoms with Gasteiger partial charge in [-0.1, -0.05) is 65.8 Å². The van der Waals surface area contributed by atoms with Crippen molar-refractivity contribution in [2.45, 2.75) is 32.1 Å². The van der Waals surface area contributed by atoms with E-state index in [2.05, 4.69) is 6.92 Å². The summed E-state index contributed by atoms with van der Waals surface area (Å²) in [5.41, 5.74) is 2.31. The molecule has 0 aliphatic heterocycles. The molecule has 4 heteroatoms. The van der Waals surface area contributed by atoms with Crippen LogP contribution in [0.3, 0.4) is 0 Å². The standard InChI is InChI=1S/C19H19Cl4/c1-13(5-6-14-7-9-18(22)19(23)11-14)3-2-4-15-12-16(20)8-10-17(15)21/h7-13H,1-6H2. The summed E-state index contributed by atoms with van der Waals surface area (Å²) in [7, 11) is 0. The number of rotatable bonds is 7. The Balaban J connectivity index is 1.75. The number of benzene rings is 2. The van der Waals surface area contributed by atoms with Gasteiger partial charge in [0.1, 0.15) is 0 Å². The lowest BCUT2D eigenvalue weighted by molar-refractivity contribution is 0.519. The third-order valence-electron chi connectivity index (χ3n) is 3.89. The molecular formula is C19H19Cl4. The summed E-state index contributed by atoms with van der Waals surface area (Å²) in [6, 6.07) is 11.4. The molecule has 2 rings (SSSR count). The molecule has 0 fully saturated rings. The van der Waals surface area contributed by atoms with Gasteiger partial charge in [-0.25, -0.2) is 0 Å². The van der Waals surface area contributed by atoms with Crippen LogP contribution in [-0.2, 0) is 12.8 Å². The average Bonchev–Trinajstić information content (AvgIpc) is 2.52. The summed E-state index contributed by atoms with van der Waals surface area (Å²) in [5, 5.41) is 2.72. The largest absolute Gasteiger partial charge is 0.0843 e. The Hall–Kier alpha value is -0.400. The van der Waals surface area contributed by atoms with Crippen LogP contribution in [0.1, 0.15) is 30.4 Å². The third-order valence-corrected chi connectivity index (χ3v) is 5.23. The summed E-state index contributed by atoms with van der Waals surface area (Å²) in [4.78, 5) is 0. The van der Waals surface area contributed by atoms with Crippen LogP contribution in [0.2, 0.25) is 20.1 Å². The van der Waals surface area contributed by atoms with Crippen molar-refractivity contribution < 1.29 is 0 Å². The maximum Gasteiger partial charge on any atom is 0.0595 e. The predicted octanol–water partition coefficient (Wildman–Crippen LogP) is 7.71. The molecule has 0 spiro atoms. The molecule has 0 aliphatic carbocycles. The van der Waals surface area contributed by atoms with E-state index in [0.717, 1.165) is 47.7 Å². The number of hydrogen-bond donors (Lipinski definition) is 0. The van der Waals surface area contributed by atoms with Crippen LogP contribution in [0.5, 0.6) is 0 Å². The molecule has 0 saturated carbocycles. The Morgan fingerprint density at radius 2 is 1.52 bits per heavy atom. The van der Waals surface area contributed by atoms with E-state index in [0.29, 0.717) is 16.0 Å². The molecule has 0 aliphatic rings. The van der Waals surface area contributed by atoms with Gasteiger partial charge >= 0.3 is 0 Å². The van der Waals surface area contributed by atoms with Crippen LogP contribution in [0.15, 0.2) is 36.4 Å². The summed E-state index contributed by atoms with van der Waals surface area (Å²) < 4.78 is 0. The molecule has 0 bridgehead atoms. The molecule has 1 atom stereocenters. The fourth-order valence-electron chi connectivity index (χ4n) is 2.53. The summed E-state index contributed by atoms with van der Waals surface area (Å²) in [6.07, 6.45) is 5.03. The maximum absolute atomic E-state index is 6.18. The average molecular weight is 389 g/mol. The van der Waals surface area contributed by atoms with Gasteiger partial charge in [0.05, 0.1) is 10.0 Å². The highest BCUT2D eigenvalue weighted by atomic mass is 35.5. The van der Waals surface area contributed by atoms with Crippen molar-refractivity contribution in [1.29, 1.82) is 0 Å². The van der Waals surface area contributed by atoms with E-state index < -0.39 is 0 Å². The van der Waals surface area contributed by atoms with Gasteiger partial charge in [-0.05, 0) is 73.1 Å². The van der Waals surface area contributed by atoms with E-state index in [1.807, 2.05) is 36.4 Å². The fraction of sp³-hybridized carbons (Fsp3) is 0.316. The van der Waals surface area contributed by atoms with Gasteiger partial charge in [-0.3, -0.25) is 0 Å². The first kappa shape index (κ1) is 18.9. The lowest BCUT2D eigenvalue weighted by Crippen LogP contribution is -1.99. The first-order chi connectivity index (χ1) is 11.0. The molecular weight excluding hydrogens is 370 g/mol. The van der Waals surface area contributed by atoms with Crippen LogP contribution in [0.25, 0.3) is 0 Å². The fourth-order valence-corrected chi connectivity index (χ4v) is 3.25. The molecule has 23 heavy (non-hydrogen) atoms. The zero-order valence-corrected chi connectivity index (χ0v) is 15.8. The molecule has 0 amide bonds. The van der Waals surface area contributed by atoms with Crippen LogP contribution in [-0.4, -0.2) is 0 Å². The minimum atomic E-state index is 0.405. The first-order valence-electron chi connectivity index (χ1n) is 7.66. The van der Waals surface area contributed by atoms with Crippen LogP contribution < -0.4 is 0 Å². The van der Waals surface area contributed by atoms with Gasteiger partial charge in [-0.2, -0.15) is 0 Å². The Morgan fingerprint density at radius 3 is 2.26 bits per heavy atom. The lowest BCUT2D eigenvalue weighted by atomic mass is 9.95. The number of aryl methyl sites for hydroxylation is 2. The van der Waals surface area contributed by atoms with Gasteiger partial charge in [0.2, 0.25) is 0 Å². The van der Waals surface area contributed by atoms with E-state index in [-0.39, 0.29) is 0 Å². The topological polar surface area (TPSA) is 0 Å². The number of halogens is 4. The van der Waals surface area contributed by atoms with Crippen molar-refractivity contribution in [2.75, 3.05) is 0 Å². The van der Waals surface area contributed by atoms with E-state index in [1.165, 1.54) is 5.56 Å². The predicted molar refractivity (Wildman–Crippen MR) is 103 cm³/mol. The molecule has 0 N–H and O–H groups in total. The Kier molecular flexibility index (Phi) is 7.56. The molecule has 0 saturated heterocycles. The summed E-state index contributed by atoms with van der Waals surface area (Å²) in [5.74, 6) is 0.405. The normalized spacial score (nSPS) is 12.4. The van der Waals surface area contributed by atoms with Gasteiger partial charge < -0.3 is 0 Å².